The first-order valence-electron chi connectivity index (χ1n) is 6.51. The van der Waals surface area contributed by atoms with Crippen LogP contribution in [0.5, 0.6) is 0 Å². The molecule has 1 aromatic rings. The van der Waals surface area contributed by atoms with Crippen LogP contribution in [0, 0.1) is 5.82 Å². The maximum Gasteiger partial charge on any atom is 0.123 e. The first-order valence-corrected chi connectivity index (χ1v) is 7.56. The number of rotatable bonds is 5. The van der Waals surface area contributed by atoms with Crippen LogP contribution in [0.15, 0.2) is 24.3 Å². The van der Waals surface area contributed by atoms with E-state index in [0.717, 1.165) is 6.54 Å². The topological polar surface area (TPSA) is 32.3 Å². The largest absolute Gasteiger partial charge is 0.387 e. The van der Waals surface area contributed by atoms with E-state index in [9.17, 15) is 9.50 Å². The van der Waals surface area contributed by atoms with Crippen molar-refractivity contribution in [2.24, 2.45) is 0 Å². The van der Waals surface area contributed by atoms with Crippen LogP contribution in [0.2, 0.25) is 0 Å². The van der Waals surface area contributed by atoms with Gasteiger partial charge in [-0.3, -0.25) is 0 Å². The Kier molecular flexibility index (Phi) is 5.47. The summed E-state index contributed by atoms with van der Waals surface area (Å²) in [7, 11) is 0. The molecule has 2 atom stereocenters. The minimum Gasteiger partial charge on any atom is -0.387 e. The highest BCUT2D eigenvalue weighted by Crippen LogP contribution is 2.24. The van der Waals surface area contributed by atoms with E-state index in [1.54, 1.807) is 12.1 Å². The van der Waals surface area contributed by atoms with Gasteiger partial charge in [0.1, 0.15) is 5.82 Å². The fraction of sp³-hybridized carbons (Fsp3) is 0.571. The molecule has 2 unspecified atom stereocenters. The Morgan fingerprint density at radius 3 is 3.06 bits per heavy atom. The lowest BCUT2D eigenvalue weighted by molar-refractivity contribution is 0.174. The zero-order valence-corrected chi connectivity index (χ0v) is 11.3. The maximum absolute atomic E-state index is 13.0. The van der Waals surface area contributed by atoms with Gasteiger partial charge in [0.15, 0.2) is 0 Å². The summed E-state index contributed by atoms with van der Waals surface area (Å²) in [5, 5.41) is 13.9. The first-order chi connectivity index (χ1) is 8.75. The van der Waals surface area contributed by atoms with E-state index in [0.29, 0.717) is 17.4 Å². The summed E-state index contributed by atoms with van der Waals surface area (Å²) >= 11 is 2.01. The Hall–Kier alpha value is -0.580. The molecule has 0 aliphatic carbocycles. The SMILES string of the molecule is OC(CNCC1CCCCS1)c1cccc(F)c1. The third-order valence-electron chi connectivity index (χ3n) is 3.22. The van der Waals surface area contributed by atoms with Gasteiger partial charge >= 0.3 is 0 Å². The van der Waals surface area contributed by atoms with Crippen LogP contribution < -0.4 is 5.32 Å². The standard InChI is InChI=1S/C14H20FNOS/c15-12-5-3-4-11(8-12)14(17)10-16-9-13-6-1-2-7-18-13/h3-5,8,13-14,16-17H,1-2,6-7,9-10H2. The second kappa shape index (κ2) is 7.12. The van der Waals surface area contributed by atoms with Gasteiger partial charge < -0.3 is 10.4 Å². The Morgan fingerprint density at radius 1 is 1.44 bits per heavy atom. The second-order valence-electron chi connectivity index (χ2n) is 4.72. The third kappa shape index (κ3) is 4.26. The molecule has 0 bridgehead atoms. The minimum atomic E-state index is -0.630. The molecule has 0 saturated carbocycles. The molecule has 100 valence electrons. The number of thioether (sulfide) groups is 1. The van der Waals surface area contributed by atoms with Gasteiger partial charge in [-0.1, -0.05) is 18.6 Å². The Bertz CT molecular complexity index is 369. The summed E-state index contributed by atoms with van der Waals surface area (Å²) < 4.78 is 13.0. The number of aliphatic hydroxyl groups is 1. The third-order valence-corrected chi connectivity index (χ3v) is 4.62. The van der Waals surface area contributed by atoms with E-state index in [1.165, 1.54) is 37.1 Å². The Balaban J connectivity index is 1.72. The molecule has 1 fully saturated rings. The molecule has 1 aliphatic heterocycles. The fourth-order valence-electron chi connectivity index (χ4n) is 2.18. The number of hydrogen-bond acceptors (Lipinski definition) is 3. The Labute approximate surface area is 112 Å². The van der Waals surface area contributed by atoms with Crippen molar-refractivity contribution in [3.63, 3.8) is 0 Å². The van der Waals surface area contributed by atoms with Crippen LogP contribution in [0.1, 0.15) is 30.9 Å². The minimum absolute atomic E-state index is 0.297. The second-order valence-corrected chi connectivity index (χ2v) is 6.13. The van der Waals surface area contributed by atoms with Gasteiger partial charge in [0.2, 0.25) is 0 Å². The van der Waals surface area contributed by atoms with Crippen molar-refractivity contribution in [2.45, 2.75) is 30.6 Å². The van der Waals surface area contributed by atoms with Crippen molar-refractivity contribution < 1.29 is 9.50 Å². The van der Waals surface area contributed by atoms with E-state index in [1.807, 2.05) is 11.8 Å². The molecule has 1 aromatic carbocycles. The van der Waals surface area contributed by atoms with Gasteiger partial charge in [0, 0.05) is 18.3 Å². The van der Waals surface area contributed by atoms with E-state index < -0.39 is 6.10 Å². The van der Waals surface area contributed by atoms with E-state index in [-0.39, 0.29) is 5.82 Å². The summed E-state index contributed by atoms with van der Waals surface area (Å²) in [6.07, 6.45) is 3.27. The molecule has 0 amide bonds. The van der Waals surface area contributed by atoms with Gasteiger partial charge in [-0.2, -0.15) is 11.8 Å². The normalized spacial score (nSPS) is 21.8. The molecular weight excluding hydrogens is 249 g/mol. The number of hydrogen-bond donors (Lipinski definition) is 2. The summed E-state index contributed by atoms with van der Waals surface area (Å²) in [4.78, 5) is 0. The molecule has 2 N–H and O–H groups in total. The monoisotopic (exact) mass is 269 g/mol. The Morgan fingerprint density at radius 2 is 2.33 bits per heavy atom. The van der Waals surface area contributed by atoms with Gasteiger partial charge in [-0.05, 0) is 36.3 Å². The van der Waals surface area contributed by atoms with Crippen LogP contribution >= 0.6 is 11.8 Å². The number of aliphatic hydroxyl groups excluding tert-OH is 1. The highest BCUT2D eigenvalue weighted by molar-refractivity contribution is 7.99. The van der Waals surface area contributed by atoms with Crippen molar-refractivity contribution in [1.29, 1.82) is 0 Å². The molecule has 0 aromatic heterocycles. The summed E-state index contributed by atoms with van der Waals surface area (Å²) in [5.41, 5.74) is 0.638. The smallest absolute Gasteiger partial charge is 0.123 e. The molecule has 1 aliphatic rings. The molecule has 4 heteroatoms. The predicted molar refractivity (Wildman–Crippen MR) is 74.3 cm³/mol. The summed E-state index contributed by atoms with van der Waals surface area (Å²) in [6, 6.07) is 6.17. The maximum atomic E-state index is 13.0. The molecule has 2 nitrogen and oxygen atoms in total. The fourth-order valence-corrected chi connectivity index (χ4v) is 3.45. The van der Waals surface area contributed by atoms with E-state index in [4.69, 9.17) is 0 Å². The number of benzene rings is 1. The van der Waals surface area contributed by atoms with Gasteiger partial charge in [-0.15, -0.1) is 0 Å². The summed E-state index contributed by atoms with van der Waals surface area (Å²) in [6.45, 7) is 1.41. The molecule has 0 radical (unpaired) electrons. The quantitative estimate of drug-likeness (QED) is 0.862. The predicted octanol–water partition coefficient (Wildman–Crippen LogP) is 2.73. The molecule has 1 saturated heterocycles. The van der Waals surface area contributed by atoms with Crippen molar-refractivity contribution in [1.82, 2.24) is 5.32 Å². The zero-order valence-electron chi connectivity index (χ0n) is 10.4. The summed E-state index contributed by atoms with van der Waals surface area (Å²) in [5.74, 6) is 0.952. The zero-order chi connectivity index (χ0) is 12.8. The lowest BCUT2D eigenvalue weighted by atomic mass is 10.1. The molecule has 1 heterocycles. The first kappa shape index (κ1) is 13.8. The van der Waals surface area contributed by atoms with Crippen molar-refractivity contribution in [3.8, 4) is 0 Å². The van der Waals surface area contributed by atoms with Crippen LogP contribution in [-0.4, -0.2) is 29.2 Å². The van der Waals surface area contributed by atoms with Gasteiger partial charge in [-0.25, -0.2) is 4.39 Å². The lowest BCUT2D eigenvalue weighted by Crippen LogP contribution is -2.30. The van der Waals surface area contributed by atoms with Gasteiger partial charge in [0.05, 0.1) is 6.10 Å². The number of nitrogens with one attached hydrogen (secondary N) is 1. The van der Waals surface area contributed by atoms with Crippen LogP contribution in [-0.2, 0) is 0 Å². The van der Waals surface area contributed by atoms with Gasteiger partial charge in [0.25, 0.3) is 0 Å². The van der Waals surface area contributed by atoms with E-state index >= 15 is 0 Å². The highest BCUT2D eigenvalue weighted by Gasteiger charge is 2.14. The lowest BCUT2D eigenvalue weighted by Gasteiger charge is -2.22. The van der Waals surface area contributed by atoms with Crippen LogP contribution in [0.4, 0.5) is 4.39 Å². The number of halogens is 1. The average molecular weight is 269 g/mol. The van der Waals surface area contributed by atoms with Crippen molar-refractivity contribution in [2.75, 3.05) is 18.8 Å². The molecule has 0 spiro atoms. The van der Waals surface area contributed by atoms with Crippen LogP contribution in [0.3, 0.4) is 0 Å². The van der Waals surface area contributed by atoms with Crippen LogP contribution in [0.25, 0.3) is 0 Å². The average Bonchev–Trinajstić information content (AvgIpc) is 2.40. The molecule has 2 rings (SSSR count). The molecule has 18 heavy (non-hydrogen) atoms. The van der Waals surface area contributed by atoms with E-state index in [2.05, 4.69) is 5.32 Å². The van der Waals surface area contributed by atoms with Crippen molar-refractivity contribution in [3.05, 3.63) is 35.6 Å². The highest BCUT2D eigenvalue weighted by atomic mass is 32.2. The molecular formula is C14H20FNOS. The van der Waals surface area contributed by atoms with Crippen molar-refractivity contribution >= 4 is 11.8 Å².